The maximum absolute atomic E-state index is 14.9. The van der Waals surface area contributed by atoms with E-state index in [9.17, 15) is 19.2 Å². The van der Waals surface area contributed by atoms with E-state index in [0.717, 1.165) is 27.0 Å². The largest absolute Gasteiger partial charge is 0.457 e. The van der Waals surface area contributed by atoms with Crippen molar-refractivity contribution in [1.82, 2.24) is 10.6 Å². The first-order chi connectivity index (χ1) is 24.3. The van der Waals surface area contributed by atoms with Crippen LogP contribution in [0.3, 0.4) is 0 Å². The number of esters is 1. The molecule has 2 atom stereocenters. The van der Waals surface area contributed by atoms with Gasteiger partial charge in [-0.2, -0.15) is 0 Å². The van der Waals surface area contributed by atoms with Crippen LogP contribution in [0.15, 0.2) is 152 Å². The van der Waals surface area contributed by atoms with Crippen LogP contribution in [0.4, 0.5) is 4.79 Å². The van der Waals surface area contributed by atoms with Crippen LogP contribution in [0.1, 0.15) is 25.0 Å². The molecule has 2 N–H and O–H groups in total. The summed E-state index contributed by atoms with van der Waals surface area (Å²) in [6.45, 7) is -0.231. The molecule has 0 aliphatic heterocycles. The fourth-order valence-electron chi connectivity index (χ4n) is 5.60. The lowest BCUT2D eigenvalue weighted by Gasteiger charge is -2.32. The normalized spacial score (nSPS) is 12.1. The van der Waals surface area contributed by atoms with Crippen LogP contribution in [0.5, 0.6) is 0 Å². The van der Waals surface area contributed by atoms with Gasteiger partial charge in [-0.05, 0) is 47.8 Å². The van der Waals surface area contributed by atoms with E-state index >= 15 is 0 Å². The van der Waals surface area contributed by atoms with Crippen LogP contribution >= 0.6 is 6.89 Å². The van der Waals surface area contributed by atoms with E-state index in [2.05, 4.69) is 10.6 Å². The minimum absolute atomic E-state index is 0.0313. The monoisotopic (exact) mass is 686 g/mol. The lowest BCUT2D eigenvalue weighted by Crippen LogP contribution is -2.52. The Labute approximate surface area is 292 Å². The van der Waals surface area contributed by atoms with E-state index in [-0.39, 0.29) is 18.5 Å². The lowest BCUT2D eigenvalue weighted by atomic mass is 10.1. The quantitative estimate of drug-likeness (QED) is 0.0991. The molecule has 2 amide bonds. The molecule has 9 heteroatoms. The summed E-state index contributed by atoms with van der Waals surface area (Å²) in [6, 6.07) is 44.6. The highest BCUT2D eigenvalue weighted by Crippen LogP contribution is 2.47. The van der Waals surface area contributed by atoms with Crippen LogP contribution in [0.2, 0.25) is 0 Å². The number of nitrogens with one attached hydrogen (secondary N) is 2. The zero-order chi connectivity index (χ0) is 35.3. The number of amides is 2. The van der Waals surface area contributed by atoms with Gasteiger partial charge in [0.25, 0.3) is 0 Å². The molecule has 0 radical (unpaired) electrons. The Balaban J connectivity index is 1.55. The van der Waals surface area contributed by atoms with Crippen molar-refractivity contribution in [2.45, 2.75) is 39.1 Å². The molecule has 0 saturated heterocycles. The highest BCUT2D eigenvalue weighted by molar-refractivity contribution is 7.97. The smallest absolute Gasteiger partial charge is 0.408 e. The number of ether oxygens (including phenoxy) is 2. The number of hydrogen-bond donors (Lipinski definition) is 2. The predicted octanol–water partition coefficient (Wildman–Crippen LogP) is 5.29. The number of ketones is 1. The summed E-state index contributed by atoms with van der Waals surface area (Å²) in [7, 11) is 0. The van der Waals surface area contributed by atoms with Gasteiger partial charge in [0.1, 0.15) is 24.5 Å². The van der Waals surface area contributed by atoms with Crippen molar-refractivity contribution in [3.8, 4) is 0 Å². The Morgan fingerprint density at radius 1 is 0.520 bits per heavy atom. The van der Waals surface area contributed by atoms with Crippen molar-refractivity contribution in [2.24, 2.45) is 0 Å². The maximum atomic E-state index is 14.9. The van der Waals surface area contributed by atoms with Gasteiger partial charge in [0.15, 0.2) is 5.78 Å². The van der Waals surface area contributed by atoms with Crippen molar-refractivity contribution >= 4 is 51.8 Å². The molecule has 0 aliphatic carbocycles. The molecule has 5 aromatic rings. The molecule has 8 nitrogen and oxygen atoms in total. The van der Waals surface area contributed by atoms with E-state index in [1.807, 2.05) is 152 Å². The fourth-order valence-corrected chi connectivity index (χ4v) is 9.99. The number of carbonyl (C=O) groups excluding carboxylic acids is 4. The number of hydrogen-bond acceptors (Lipinski definition) is 6. The summed E-state index contributed by atoms with van der Waals surface area (Å²) in [5.41, 5.74) is 1.55. The van der Waals surface area contributed by atoms with E-state index in [1.54, 1.807) is 0 Å². The SMILES string of the molecule is C[C@H](NC(=O)OCc1ccccc1)C(=O)N[C@@H](C)C(=O)C(C(=O)OCc1ccccc1)=P(c1ccccc1)(c1ccccc1)c1ccccc1. The zero-order valence-corrected chi connectivity index (χ0v) is 28.8. The summed E-state index contributed by atoms with van der Waals surface area (Å²) in [5, 5.41) is 7.49. The van der Waals surface area contributed by atoms with Gasteiger partial charge in [-0.15, -0.1) is 0 Å². The van der Waals surface area contributed by atoms with Gasteiger partial charge >= 0.3 is 12.1 Å². The molecule has 0 aromatic heterocycles. The average molecular weight is 687 g/mol. The Morgan fingerprint density at radius 3 is 1.32 bits per heavy atom. The molecule has 0 saturated carbocycles. The molecule has 50 heavy (non-hydrogen) atoms. The molecule has 0 fully saturated rings. The standard InChI is InChI=1S/C41H39N2O6P/c1-30(42-39(45)31(2)43-41(47)49-29-33-20-10-4-11-21-33)37(44)38(40(46)48-28-32-18-8-3-9-19-32)50(34-22-12-5-13-23-34,35-24-14-6-15-25-35)36-26-16-7-17-27-36/h3-27,30-31H,28-29H2,1-2H3,(H,42,45)(H,43,47)/t30-,31-/m0/s1. The highest BCUT2D eigenvalue weighted by Gasteiger charge is 2.40. The Kier molecular flexibility index (Phi) is 12.2. The number of Topliss-reactive ketones (excluding diaryl/α,β-unsaturated/α-hetero) is 1. The van der Waals surface area contributed by atoms with E-state index in [0.29, 0.717) is 0 Å². The number of carbonyl (C=O) groups is 4. The first kappa shape index (κ1) is 35.6. The van der Waals surface area contributed by atoms with Gasteiger partial charge < -0.3 is 20.1 Å². The molecule has 0 bridgehead atoms. The van der Waals surface area contributed by atoms with E-state index in [4.69, 9.17) is 9.47 Å². The number of rotatable bonds is 13. The second-order valence-electron chi connectivity index (χ2n) is 11.6. The van der Waals surface area contributed by atoms with Crippen LogP contribution in [0, 0.1) is 0 Å². The molecule has 0 unspecified atom stereocenters. The molecule has 5 aromatic carbocycles. The first-order valence-electron chi connectivity index (χ1n) is 16.3. The minimum atomic E-state index is -3.23. The summed E-state index contributed by atoms with van der Waals surface area (Å²) in [5.74, 6) is -2.00. The summed E-state index contributed by atoms with van der Waals surface area (Å²) in [6.07, 6.45) is -0.783. The van der Waals surface area contributed by atoms with Gasteiger partial charge in [-0.25, -0.2) is 9.59 Å². The summed E-state index contributed by atoms with van der Waals surface area (Å²) in [4.78, 5) is 55.3. The zero-order valence-electron chi connectivity index (χ0n) is 27.9. The van der Waals surface area contributed by atoms with Crippen molar-refractivity contribution < 1.29 is 28.7 Å². The van der Waals surface area contributed by atoms with Crippen LogP contribution < -0.4 is 26.5 Å². The first-order valence-corrected chi connectivity index (χ1v) is 18.1. The third kappa shape index (κ3) is 8.46. The fraction of sp³-hybridized carbons (Fsp3) is 0.146. The van der Waals surface area contributed by atoms with Crippen molar-refractivity contribution in [1.29, 1.82) is 0 Å². The summed E-state index contributed by atoms with van der Waals surface area (Å²) < 4.78 is 11.2. The molecule has 0 aliphatic rings. The highest BCUT2D eigenvalue weighted by atomic mass is 31.2. The molecule has 0 heterocycles. The number of benzene rings is 5. The van der Waals surface area contributed by atoms with Crippen molar-refractivity contribution in [3.05, 3.63) is 163 Å². The van der Waals surface area contributed by atoms with Gasteiger partial charge in [0.05, 0.1) is 6.04 Å². The average Bonchev–Trinajstić information content (AvgIpc) is 3.16. The van der Waals surface area contributed by atoms with Crippen LogP contribution in [-0.4, -0.2) is 41.1 Å². The molecular formula is C41H39N2O6P. The molecule has 0 spiro atoms. The summed E-state index contributed by atoms with van der Waals surface area (Å²) >= 11 is 0. The number of alkyl carbamates (subject to hydrolysis) is 1. The van der Waals surface area contributed by atoms with E-state index in [1.165, 1.54) is 13.8 Å². The lowest BCUT2D eigenvalue weighted by molar-refractivity contribution is -0.137. The van der Waals surface area contributed by atoms with Crippen LogP contribution in [-0.2, 0) is 37.1 Å². The Hall–Kier alpha value is -5.72. The predicted molar refractivity (Wildman–Crippen MR) is 198 cm³/mol. The van der Waals surface area contributed by atoms with E-state index < -0.39 is 42.7 Å². The van der Waals surface area contributed by atoms with Crippen molar-refractivity contribution in [2.75, 3.05) is 0 Å². The molecule has 254 valence electrons. The Morgan fingerprint density at radius 2 is 0.900 bits per heavy atom. The van der Waals surface area contributed by atoms with Gasteiger partial charge in [0, 0.05) is 0 Å². The van der Waals surface area contributed by atoms with Crippen LogP contribution in [0.25, 0.3) is 0 Å². The van der Waals surface area contributed by atoms with Gasteiger partial charge in [-0.1, -0.05) is 152 Å². The van der Waals surface area contributed by atoms with Gasteiger partial charge in [0.2, 0.25) is 5.91 Å². The van der Waals surface area contributed by atoms with Gasteiger partial charge in [-0.3, -0.25) is 9.59 Å². The second-order valence-corrected chi connectivity index (χ2v) is 14.9. The molecular weight excluding hydrogens is 647 g/mol. The van der Waals surface area contributed by atoms with Crippen molar-refractivity contribution in [3.63, 3.8) is 0 Å². The third-order valence-electron chi connectivity index (χ3n) is 8.10. The maximum Gasteiger partial charge on any atom is 0.408 e. The molecule has 5 rings (SSSR count). The second kappa shape index (κ2) is 17.1. The Bertz CT molecular complexity index is 1850. The topological polar surface area (TPSA) is 111 Å². The minimum Gasteiger partial charge on any atom is -0.457 e. The third-order valence-corrected chi connectivity index (χ3v) is 12.4.